The Kier molecular flexibility index (Phi) is 5.26. The molecule has 0 aliphatic rings. The van der Waals surface area contributed by atoms with Gasteiger partial charge in [0, 0.05) is 18.3 Å². The molecule has 0 saturated carbocycles. The predicted molar refractivity (Wildman–Crippen MR) is 90.1 cm³/mol. The van der Waals surface area contributed by atoms with Gasteiger partial charge in [0.25, 0.3) is 0 Å². The first-order chi connectivity index (χ1) is 10.1. The van der Waals surface area contributed by atoms with E-state index in [4.69, 9.17) is 4.74 Å². The quantitative estimate of drug-likeness (QED) is 0.797. The lowest BCUT2D eigenvalue weighted by molar-refractivity contribution is 0.217. The zero-order valence-corrected chi connectivity index (χ0v) is 13.4. The fourth-order valence-electron chi connectivity index (χ4n) is 2.37. The van der Waals surface area contributed by atoms with Gasteiger partial charge < -0.3 is 10.1 Å². The molecule has 0 heterocycles. The highest BCUT2D eigenvalue weighted by Crippen LogP contribution is 2.20. The highest BCUT2D eigenvalue weighted by molar-refractivity contribution is 5.48. The molecule has 0 aliphatic heterocycles. The van der Waals surface area contributed by atoms with Gasteiger partial charge >= 0.3 is 0 Å². The van der Waals surface area contributed by atoms with Crippen LogP contribution in [0, 0.1) is 13.8 Å². The average molecular weight is 283 g/mol. The summed E-state index contributed by atoms with van der Waals surface area (Å²) in [5.74, 6) is 0.926. The topological polar surface area (TPSA) is 21.3 Å². The van der Waals surface area contributed by atoms with Crippen molar-refractivity contribution in [3.05, 3.63) is 59.2 Å². The third kappa shape index (κ3) is 4.82. The van der Waals surface area contributed by atoms with E-state index in [9.17, 15) is 0 Å². The van der Waals surface area contributed by atoms with E-state index in [-0.39, 0.29) is 6.10 Å². The summed E-state index contributed by atoms with van der Waals surface area (Å²) in [6.45, 7) is 9.33. The first-order valence-corrected chi connectivity index (χ1v) is 7.64. The van der Waals surface area contributed by atoms with E-state index in [0.717, 1.165) is 24.4 Å². The van der Waals surface area contributed by atoms with E-state index in [1.165, 1.54) is 16.7 Å². The molecule has 2 heteroatoms. The molecule has 112 valence electrons. The Balaban J connectivity index is 2.01. The van der Waals surface area contributed by atoms with Crippen LogP contribution in [0.2, 0.25) is 0 Å². The number of aryl methyl sites for hydroxylation is 2. The number of rotatable bonds is 6. The van der Waals surface area contributed by atoms with Crippen LogP contribution >= 0.6 is 0 Å². The van der Waals surface area contributed by atoms with Crippen molar-refractivity contribution in [2.75, 3.05) is 5.32 Å². The molecule has 0 radical (unpaired) electrons. The molecule has 1 unspecified atom stereocenters. The van der Waals surface area contributed by atoms with Crippen molar-refractivity contribution in [3.63, 3.8) is 0 Å². The fourth-order valence-corrected chi connectivity index (χ4v) is 2.37. The Morgan fingerprint density at radius 1 is 1.05 bits per heavy atom. The predicted octanol–water partition coefficient (Wildman–Crippen LogP) is 5.09. The summed E-state index contributed by atoms with van der Waals surface area (Å²) in [4.78, 5) is 0. The molecule has 0 aliphatic carbocycles. The van der Waals surface area contributed by atoms with E-state index in [0.29, 0.717) is 0 Å². The van der Waals surface area contributed by atoms with Crippen LogP contribution in [-0.2, 0) is 6.54 Å². The summed E-state index contributed by atoms with van der Waals surface area (Å²) in [5.41, 5.74) is 5.01. The van der Waals surface area contributed by atoms with Gasteiger partial charge in [0.1, 0.15) is 5.75 Å². The normalized spacial score (nSPS) is 12.0. The largest absolute Gasteiger partial charge is 0.491 e. The number of nitrogens with one attached hydrogen (secondary N) is 1. The minimum Gasteiger partial charge on any atom is -0.491 e. The average Bonchev–Trinajstić information content (AvgIpc) is 2.44. The molecule has 2 aromatic carbocycles. The zero-order valence-electron chi connectivity index (χ0n) is 13.4. The third-order valence-corrected chi connectivity index (χ3v) is 3.52. The Bertz CT molecular complexity index is 572. The molecule has 0 saturated heterocycles. The van der Waals surface area contributed by atoms with E-state index >= 15 is 0 Å². The first-order valence-electron chi connectivity index (χ1n) is 7.64. The van der Waals surface area contributed by atoms with Crippen LogP contribution in [0.15, 0.2) is 42.5 Å². The second kappa shape index (κ2) is 7.16. The molecule has 1 N–H and O–H groups in total. The van der Waals surface area contributed by atoms with Gasteiger partial charge in [-0.15, -0.1) is 0 Å². The molecular weight excluding hydrogens is 258 g/mol. The van der Waals surface area contributed by atoms with Crippen LogP contribution in [0.3, 0.4) is 0 Å². The lowest BCUT2D eigenvalue weighted by Crippen LogP contribution is -2.09. The molecule has 0 bridgehead atoms. The van der Waals surface area contributed by atoms with Gasteiger partial charge in [0.15, 0.2) is 0 Å². The maximum atomic E-state index is 5.85. The van der Waals surface area contributed by atoms with Gasteiger partial charge in [-0.25, -0.2) is 0 Å². The zero-order chi connectivity index (χ0) is 15.2. The van der Waals surface area contributed by atoms with Crippen LogP contribution in [0.25, 0.3) is 0 Å². The highest BCUT2D eigenvalue weighted by Gasteiger charge is 2.02. The number of ether oxygens (including phenoxy) is 1. The lowest BCUT2D eigenvalue weighted by Gasteiger charge is -2.14. The van der Waals surface area contributed by atoms with Crippen molar-refractivity contribution in [2.24, 2.45) is 0 Å². The van der Waals surface area contributed by atoms with Crippen molar-refractivity contribution in [1.29, 1.82) is 0 Å². The molecular formula is C19H25NO. The summed E-state index contributed by atoms with van der Waals surface area (Å²) in [5, 5.41) is 3.47. The Labute approximate surface area is 128 Å². The van der Waals surface area contributed by atoms with Crippen LogP contribution in [0.5, 0.6) is 5.75 Å². The maximum absolute atomic E-state index is 5.85. The molecule has 2 nitrogen and oxygen atoms in total. The molecule has 1 atom stereocenters. The van der Waals surface area contributed by atoms with Gasteiger partial charge in [-0.1, -0.05) is 42.3 Å². The van der Waals surface area contributed by atoms with E-state index in [1.54, 1.807) is 0 Å². The Morgan fingerprint density at radius 3 is 2.43 bits per heavy atom. The van der Waals surface area contributed by atoms with Gasteiger partial charge in [0.2, 0.25) is 0 Å². The SMILES string of the molecule is CCC(C)Oc1cccc(NCc2cc(C)cc(C)c2)c1. The molecule has 21 heavy (non-hydrogen) atoms. The monoisotopic (exact) mass is 283 g/mol. The smallest absolute Gasteiger partial charge is 0.121 e. The molecule has 2 rings (SSSR count). The number of benzene rings is 2. The van der Waals surface area contributed by atoms with Crippen LogP contribution in [-0.4, -0.2) is 6.10 Å². The number of hydrogen-bond acceptors (Lipinski definition) is 2. The van der Waals surface area contributed by atoms with E-state index in [2.05, 4.69) is 63.3 Å². The molecule has 2 aromatic rings. The lowest BCUT2D eigenvalue weighted by atomic mass is 10.1. The molecule has 0 aromatic heterocycles. The highest BCUT2D eigenvalue weighted by atomic mass is 16.5. The van der Waals surface area contributed by atoms with Gasteiger partial charge in [-0.2, -0.15) is 0 Å². The summed E-state index contributed by atoms with van der Waals surface area (Å²) in [7, 11) is 0. The summed E-state index contributed by atoms with van der Waals surface area (Å²) in [6, 6.07) is 14.8. The second-order valence-corrected chi connectivity index (χ2v) is 5.71. The minimum atomic E-state index is 0.250. The Hall–Kier alpha value is -1.96. The first kappa shape index (κ1) is 15.4. The Morgan fingerprint density at radius 2 is 1.76 bits per heavy atom. The standard InChI is InChI=1S/C19H25NO/c1-5-16(4)21-19-8-6-7-18(12-19)20-13-17-10-14(2)9-15(3)11-17/h6-12,16,20H,5,13H2,1-4H3. The van der Waals surface area contributed by atoms with Crippen LogP contribution in [0.1, 0.15) is 37.0 Å². The summed E-state index contributed by atoms with van der Waals surface area (Å²) >= 11 is 0. The summed E-state index contributed by atoms with van der Waals surface area (Å²) in [6.07, 6.45) is 1.26. The van der Waals surface area contributed by atoms with E-state index in [1.807, 2.05) is 12.1 Å². The van der Waals surface area contributed by atoms with Gasteiger partial charge in [-0.05, 0) is 44.9 Å². The van der Waals surface area contributed by atoms with Crippen LogP contribution < -0.4 is 10.1 Å². The van der Waals surface area contributed by atoms with Crippen molar-refractivity contribution < 1.29 is 4.74 Å². The second-order valence-electron chi connectivity index (χ2n) is 5.71. The van der Waals surface area contributed by atoms with Crippen molar-refractivity contribution in [1.82, 2.24) is 0 Å². The summed E-state index contributed by atoms with van der Waals surface area (Å²) < 4.78 is 5.85. The van der Waals surface area contributed by atoms with Gasteiger partial charge in [0.05, 0.1) is 6.10 Å². The van der Waals surface area contributed by atoms with Gasteiger partial charge in [-0.3, -0.25) is 0 Å². The fraction of sp³-hybridized carbons (Fsp3) is 0.368. The molecule has 0 fully saturated rings. The van der Waals surface area contributed by atoms with E-state index < -0.39 is 0 Å². The number of hydrogen-bond donors (Lipinski definition) is 1. The van der Waals surface area contributed by atoms with Crippen molar-refractivity contribution in [2.45, 2.75) is 46.8 Å². The van der Waals surface area contributed by atoms with Crippen molar-refractivity contribution in [3.8, 4) is 5.75 Å². The molecule has 0 spiro atoms. The molecule has 0 amide bonds. The van der Waals surface area contributed by atoms with Crippen molar-refractivity contribution >= 4 is 5.69 Å². The minimum absolute atomic E-state index is 0.250. The van der Waals surface area contributed by atoms with Crippen LogP contribution in [0.4, 0.5) is 5.69 Å². The number of anilines is 1. The third-order valence-electron chi connectivity index (χ3n) is 3.52. The maximum Gasteiger partial charge on any atom is 0.121 e.